The number of hydrogen-bond acceptors (Lipinski definition) is 3. The lowest BCUT2D eigenvalue weighted by Gasteiger charge is -1.98. The topological polar surface area (TPSA) is 52.4 Å². The van der Waals surface area contributed by atoms with Crippen LogP contribution < -0.4 is 4.52 Å². The van der Waals surface area contributed by atoms with Gasteiger partial charge in [0.15, 0.2) is 5.75 Å². The van der Waals surface area contributed by atoms with E-state index in [0.717, 1.165) is 0 Å². The fraction of sp³-hybridized carbons (Fsp3) is 0. The van der Waals surface area contributed by atoms with Crippen molar-refractivity contribution in [2.45, 2.75) is 0 Å². The van der Waals surface area contributed by atoms with Crippen LogP contribution in [0, 0.1) is 10.1 Å². The first-order valence-electron chi connectivity index (χ1n) is 2.86. The Kier molecular flexibility index (Phi) is 2.39. The van der Waals surface area contributed by atoms with Gasteiger partial charge in [0.2, 0.25) is 0 Å². The lowest BCUT2D eigenvalue weighted by molar-refractivity contribution is -0.385. The zero-order valence-electron chi connectivity index (χ0n) is 5.56. The Balaban J connectivity index is 3.12. The molecule has 0 saturated heterocycles. The highest BCUT2D eigenvalue weighted by Gasteiger charge is 2.11. The molecule has 0 amide bonds. The highest BCUT2D eigenvalue weighted by molar-refractivity contribution is 7.10. The van der Waals surface area contributed by atoms with Crippen molar-refractivity contribution in [3.63, 3.8) is 0 Å². The summed E-state index contributed by atoms with van der Waals surface area (Å²) in [5.41, 5.74) is -0.0255. The van der Waals surface area contributed by atoms with Crippen LogP contribution in [0.5, 0.6) is 5.75 Å². The third-order valence-electron chi connectivity index (χ3n) is 1.19. The number of nitro benzene ring substituents is 1. The van der Waals surface area contributed by atoms with Crippen LogP contribution in [-0.2, 0) is 0 Å². The SMILES string of the molecule is O=[N+]([O-])c1ccccc1OP. The van der Waals surface area contributed by atoms with Crippen molar-refractivity contribution in [3.05, 3.63) is 34.4 Å². The molecule has 1 unspecified atom stereocenters. The molecule has 1 aromatic carbocycles. The lowest BCUT2D eigenvalue weighted by Crippen LogP contribution is -1.89. The molecule has 0 fully saturated rings. The normalized spacial score (nSPS) is 9.18. The summed E-state index contributed by atoms with van der Waals surface area (Å²) in [6, 6.07) is 6.18. The van der Waals surface area contributed by atoms with Gasteiger partial charge in [-0.1, -0.05) is 12.1 Å². The van der Waals surface area contributed by atoms with E-state index in [0.29, 0.717) is 0 Å². The van der Waals surface area contributed by atoms with E-state index in [-0.39, 0.29) is 11.4 Å². The second kappa shape index (κ2) is 3.30. The van der Waals surface area contributed by atoms with Crippen molar-refractivity contribution in [2.75, 3.05) is 0 Å². The van der Waals surface area contributed by atoms with Crippen molar-refractivity contribution in [2.24, 2.45) is 0 Å². The summed E-state index contributed by atoms with van der Waals surface area (Å²) < 4.78 is 4.68. The number of nitrogens with zero attached hydrogens (tertiary/aromatic N) is 1. The van der Waals surface area contributed by atoms with E-state index < -0.39 is 4.92 Å². The van der Waals surface area contributed by atoms with Gasteiger partial charge >= 0.3 is 5.69 Å². The van der Waals surface area contributed by atoms with Crippen molar-refractivity contribution >= 4 is 15.2 Å². The molecule has 0 bridgehead atoms. The second-order valence-electron chi connectivity index (χ2n) is 1.84. The van der Waals surface area contributed by atoms with Gasteiger partial charge in [-0.25, -0.2) is 0 Å². The van der Waals surface area contributed by atoms with Crippen LogP contribution in [0.25, 0.3) is 0 Å². The number of benzene rings is 1. The molecule has 1 aromatic rings. The molecule has 1 atom stereocenters. The summed E-state index contributed by atoms with van der Waals surface area (Å²) in [7, 11) is 1.97. The van der Waals surface area contributed by atoms with Crippen LogP contribution in [0.1, 0.15) is 0 Å². The van der Waals surface area contributed by atoms with Gasteiger partial charge < -0.3 is 4.52 Å². The average molecular weight is 171 g/mol. The van der Waals surface area contributed by atoms with Crippen LogP contribution >= 0.6 is 9.47 Å². The first kappa shape index (κ1) is 7.95. The molecule has 4 nitrogen and oxygen atoms in total. The fourth-order valence-corrected chi connectivity index (χ4v) is 0.907. The van der Waals surface area contributed by atoms with E-state index >= 15 is 0 Å². The van der Waals surface area contributed by atoms with Gasteiger partial charge in [-0.05, 0) is 6.07 Å². The minimum Gasteiger partial charge on any atom is -0.473 e. The Morgan fingerprint density at radius 3 is 2.55 bits per heavy atom. The Labute approximate surface area is 65.6 Å². The Morgan fingerprint density at radius 2 is 2.09 bits per heavy atom. The lowest BCUT2D eigenvalue weighted by atomic mass is 10.3. The molecular weight excluding hydrogens is 165 g/mol. The van der Waals surface area contributed by atoms with E-state index in [9.17, 15) is 10.1 Å². The first-order valence-corrected chi connectivity index (χ1v) is 3.33. The Morgan fingerprint density at radius 1 is 1.45 bits per heavy atom. The molecule has 0 aliphatic carbocycles. The molecule has 0 aromatic heterocycles. The molecule has 0 aliphatic rings. The molecule has 58 valence electrons. The Bertz CT molecular complexity index is 276. The third kappa shape index (κ3) is 1.65. The molecule has 0 heterocycles. The molecule has 0 saturated carbocycles. The minimum absolute atomic E-state index is 0.0255. The van der Waals surface area contributed by atoms with Gasteiger partial charge in [-0.15, -0.1) is 0 Å². The van der Waals surface area contributed by atoms with Crippen molar-refractivity contribution in [1.29, 1.82) is 0 Å². The summed E-state index contributed by atoms with van der Waals surface area (Å²) in [4.78, 5) is 9.81. The van der Waals surface area contributed by atoms with Crippen LogP contribution in [0.4, 0.5) is 5.69 Å². The highest BCUT2D eigenvalue weighted by atomic mass is 31.0. The van der Waals surface area contributed by atoms with Crippen LogP contribution in [0.15, 0.2) is 24.3 Å². The van der Waals surface area contributed by atoms with Gasteiger partial charge in [0.05, 0.1) is 14.4 Å². The third-order valence-corrected chi connectivity index (χ3v) is 1.44. The molecule has 5 heteroatoms. The average Bonchev–Trinajstić information content (AvgIpc) is 2.04. The molecule has 0 spiro atoms. The summed E-state index contributed by atoms with van der Waals surface area (Å²) in [6.45, 7) is 0. The van der Waals surface area contributed by atoms with Gasteiger partial charge in [0.25, 0.3) is 0 Å². The number of nitro groups is 1. The van der Waals surface area contributed by atoms with E-state index in [2.05, 4.69) is 4.52 Å². The molecule has 0 N–H and O–H groups in total. The van der Waals surface area contributed by atoms with Gasteiger partial charge in [-0.2, -0.15) is 0 Å². The predicted molar refractivity (Wildman–Crippen MR) is 43.4 cm³/mol. The van der Waals surface area contributed by atoms with E-state index in [1.165, 1.54) is 12.1 Å². The minimum atomic E-state index is -0.487. The van der Waals surface area contributed by atoms with E-state index in [4.69, 9.17) is 0 Å². The number of rotatable bonds is 2. The molecule has 11 heavy (non-hydrogen) atoms. The summed E-state index contributed by atoms with van der Waals surface area (Å²) in [5.74, 6) is 0.252. The summed E-state index contributed by atoms with van der Waals surface area (Å²) in [5, 5.41) is 10.3. The quantitative estimate of drug-likeness (QED) is 0.387. The van der Waals surface area contributed by atoms with Crippen molar-refractivity contribution in [3.8, 4) is 5.75 Å². The monoisotopic (exact) mass is 171 g/mol. The smallest absolute Gasteiger partial charge is 0.311 e. The Hall–Kier alpha value is -1.15. The van der Waals surface area contributed by atoms with E-state index in [1.54, 1.807) is 12.1 Å². The zero-order chi connectivity index (χ0) is 8.27. The highest BCUT2D eigenvalue weighted by Crippen LogP contribution is 2.26. The zero-order valence-corrected chi connectivity index (χ0v) is 6.71. The van der Waals surface area contributed by atoms with Crippen LogP contribution in [-0.4, -0.2) is 4.92 Å². The molecule has 1 rings (SSSR count). The first-order chi connectivity index (χ1) is 5.25. The van der Waals surface area contributed by atoms with E-state index in [1.807, 2.05) is 9.47 Å². The molecule has 0 aliphatic heterocycles. The van der Waals surface area contributed by atoms with Gasteiger partial charge in [-0.3, -0.25) is 10.1 Å². The molecule has 0 radical (unpaired) electrons. The summed E-state index contributed by atoms with van der Waals surface area (Å²) >= 11 is 0. The fourth-order valence-electron chi connectivity index (χ4n) is 0.708. The van der Waals surface area contributed by atoms with Crippen molar-refractivity contribution < 1.29 is 9.45 Å². The molecular formula is C6H6NO3P. The maximum Gasteiger partial charge on any atom is 0.311 e. The number of para-hydroxylation sites is 2. The van der Waals surface area contributed by atoms with Gasteiger partial charge in [0, 0.05) is 6.07 Å². The maximum absolute atomic E-state index is 10.3. The van der Waals surface area contributed by atoms with Crippen LogP contribution in [0.2, 0.25) is 0 Å². The largest absolute Gasteiger partial charge is 0.473 e. The van der Waals surface area contributed by atoms with Crippen LogP contribution in [0.3, 0.4) is 0 Å². The van der Waals surface area contributed by atoms with Crippen molar-refractivity contribution in [1.82, 2.24) is 0 Å². The predicted octanol–water partition coefficient (Wildman–Crippen LogP) is 1.76. The second-order valence-corrected chi connectivity index (χ2v) is 2.08. The standard InChI is InChI=1S/C6H6NO3P/c8-7(9)5-3-1-2-4-6(5)10-11/h1-4H,11H2. The maximum atomic E-state index is 10.3. The summed E-state index contributed by atoms with van der Waals surface area (Å²) in [6.07, 6.45) is 0. The number of hydrogen-bond donors (Lipinski definition) is 0. The van der Waals surface area contributed by atoms with Gasteiger partial charge in [0.1, 0.15) is 0 Å².